The largest absolute Gasteiger partial charge is 0.405 e. The molecule has 0 amide bonds. The Morgan fingerprint density at radius 1 is 0.522 bits per heavy atom. The minimum Gasteiger partial charge on any atom is -0.302 e. The van der Waals surface area contributed by atoms with Gasteiger partial charge in [-0.1, -0.05) is 169 Å². The molecule has 5 nitrogen and oxygen atoms in total. The molecular formula is C40H83N2O3P. The molecule has 1 aliphatic heterocycles. The highest BCUT2D eigenvalue weighted by Gasteiger charge is 2.28. The fourth-order valence-electron chi connectivity index (χ4n) is 7.01. The molecule has 0 spiro atoms. The van der Waals surface area contributed by atoms with E-state index in [1.54, 1.807) is 0 Å². The molecule has 0 radical (unpaired) electrons. The standard InChI is InChI=1S/C40H83N2O3P/c1-5-9-13-17-19-25-31-39(29-23-15-11-7-3)37-44-46(43,41-33-36-42-34-27-21-22-28-35-42)45-38-40(30-24-16-12-8-4)32-26-20-18-14-10-6-2/h39-40H,5-38H2,1-4H3,(H,41,43). The van der Waals surface area contributed by atoms with Gasteiger partial charge in [-0.25, -0.2) is 9.65 Å². The van der Waals surface area contributed by atoms with Crippen molar-refractivity contribution in [3.8, 4) is 0 Å². The van der Waals surface area contributed by atoms with Crippen LogP contribution in [0.4, 0.5) is 0 Å². The number of rotatable bonds is 34. The normalized spacial score (nSPS) is 17.1. The SMILES string of the molecule is CCCCCCCCC(CCCCCC)COP(=O)(NCCN1CCCCCC1)OCC(CCCCCC)CCCCCCCC. The van der Waals surface area contributed by atoms with Crippen LogP contribution in [0, 0.1) is 11.8 Å². The lowest BCUT2D eigenvalue weighted by Crippen LogP contribution is -2.33. The van der Waals surface area contributed by atoms with Gasteiger partial charge in [0, 0.05) is 13.1 Å². The van der Waals surface area contributed by atoms with Gasteiger partial charge in [-0.2, -0.15) is 0 Å². The Labute approximate surface area is 289 Å². The number of unbranched alkanes of at least 4 members (excludes halogenated alkanes) is 16. The Morgan fingerprint density at radius 3 is 1.26 bits per heavy atom. The Balaban J connectivity index is 2.83. The molecule has 2 unspecified atom stereocenters. The summed E-state index contributed by atoms with van der Waals surface area (Å²) in [7, 11) is -3.38. The monoisotopic (exact) mass is 671 g/mol. The summed E-state index contributed by atoms with van der Waals surface area (Å²) < 4.78 is 27.3. The molecule has 6 heteroatoms. The van der Waals surface area contributed by atoms with Crippen molar-refractivity contribution < 1.29 is 13.6 Å². The van der Waals surface area contributed by atoms with Crippen LogP contribution in [0.25, 0.3) is 0 Å². The van der Waals surface area contributed by atoms with Crippen molar-refractivity contribution in [2.24, 2.45) is 11.8 Å². The van der Waals surface area contributed by atoms with Crippen LogP contribution < -0.4 is 5.09 Å². The van der Waals surface area contributed by atoms with E-state index in [-0.39, 0.29) is 0 Å². The maximum atomic E-state index is 14.4. The van der Waals surface area contributed by atoms with E-state index in [1.807, 2.05) is 0 Å². The molecule has 1 N–H and O–H groups in total. The summed E-state index contributed by atoms with van der Waals surface area (Å²) in [5.74, 6) is 0.945. The van der Waals surface area contributed by atoms with Crippen molar-refractivity contribution in [3.05, 3.63) is 0 Å². The highest BCUT2D eigenvalue weighted by atomic mass is 31.2. The Morgan fingerprint density at radius 2 is 0.870 bits per heavy atom. The molecule has 2 atom stereocenters. The van der Waals surface area contributed by atoms with Gasteiger partial charge in [-0.05, 0) is 63.5 Å². The zero-order valence-corrected chi connectivity index (χ0v) is 32.7. The second kappa shape index (κ2) is 32.3. The lowest BCUT2D eigenvalue weighted by Gasteiger charge is -2.27. The first kappa shape index (κ1) is 44.1. The molecule has 1 fully saturated rings. The smallest absolute Gasteiger partial charge is 0.302 e. The average Bonchev–Trinajstić information content (AvgIpc) is 3.34. The molecule has 46 heavy (non-hydrogen) atoms. The molecule has 1 rings (SSSR count). The summed E-state index contributed by atoms with van der Waals surface area (Å²) in [5.41, 5.74) is 0. The lowest BCUT2D eigenvalue weighted by molar-refractivity contribution is 0.139. The van der Waals surface area contributed by atoms with E-state index in [9.17, 15) is 4.57 Å². The first-order valence-corrected chi connectivity index (χ1v) is 22.5. The molecule has 1 heterocycles. The third-order valence-electron chi connectivity index (χ3n) is 10.3. The molecular weight excluding hydrogens is 587 g/mol. The number of likely N-dealkylation sites (tertiary alicyclic amines) is 1. The van der Waals surface area contributed by atoms with E-state index in [2.05, 4.69) is 37.7 Å². The van der Waals surface area contributed by atoms with Crippen LogP contribution in [-0.4, -0.2) is 44.3 Å². The molecule has 0 aromatic heterocycles. The summed E-state index contributed by atoms with van der Waals surface area (Å²) in [6.45, 7) is 14.2. The second-order valence-corrected chi connectivity index (χ2v) is 16.6. The fraction of sp³-hybridized carbons (Fsp3) is 1.00. The van der Waals surface area contributed by atoms with E-state index in [1.165, 1.54) is 180 Å². The van der Waals surface area contributed by atoms with E-state index >= 15 is 0 Å². The summed E-state index contributed by atoms with van der Waals surface area (Å²) in [5, 5.41) is 3.38. The molecule has 1 saturated heterocycles. The number of nitrogens with one attached hydrogen (secondary N) is 1. The van der Waals surface area contributed by atoms with Crippen molar-refractivity contribution in [2.45, 2.75) is 207 Å². The van der Waals surface area contributed by atoms with Crippen LogP contribution in [-0.2, 0) is 13.6 Å². The molecule has 276 valence electrons. The first-order chi connectivity index (χ1) is 22.6. The quantitative estimate of drug-likeness (QED) is 0.0545. The van der Waals surface area contributed by atoms with Crippen LogP contribution in [0.15, 0.2) is 0 Å². The third kappa shape index (κ3) is 26.0. The minimum atomic E-state index is -3.38. The third-order valence-corrected chi connectivity index (χ3v) is 11.8. The van der Waals surface area contributed by atoms with Crippen LogP contribution in [0.5, 0.6) is 0 Å². The van der Waals surface area contributed by atoms with E-state index in [4.69, 9.17) is 9.05 Å². The summed E-state index contributed by atoms with van der Waals surface area (Å²) in [6, 6.07) is 0. The predicted molar refractivity (Wildman–Crippen MR) is 203 cm³/mol. The zero-order valence-electron chi connectivity index (χ0n) is 31.8. The number of hydrogen-bond acceptors (Lipinski definition) is 4. The van der Waals surface area contributed by atoms with Crippen molar-refractivity contribution >= 4 is 7.75 Å². The van der Waals surface area contributed by atoms with Gasteiger partial charge in [0.1, 0.15) is 0 Å². The van der Waals surface area contributed by atoms with Crippen molar-refractivity contribution in [1.82, 2.24) is 9.99 Å². The topological polar surface area (TPSA) is 50.8 Å². The Bertz CT molecular complexity index is 631. The fourth-order valence-corrected chi connectivity index (χ4v) is 8.45. The molecule has 0 bridgehead atoms. The van der Waals surface area contributed by atoms with Gasteiger partial charge in [0.15, 0.2) is 0 Å². The van der Waals surface area contributed by atoms with Crippen molar-refractivity contribution in [1.29, 1.82) is 0 Å². The van der Waals surface area contributed by atoms with Crippen LogP contribution in [0.1, 0.15) is 207 Å². The van der Waals surface area contributed by atoms with E-state index in [0.29, 0.717) is 31.6 Å². The predicted octanol–water partition coefficient (Wildman–Crippen LogP) is 13.3. The molecule has 0 aromatic rings. The summed E-state index contributed by atoms with van der Waals surface area (Å²) >= 11 is 0. The Kier molecular flexibility index (Phi) is 30.9. The summed E-state index contributed by atoms with van der Waals surface area (Å²) in [4.78, 5) is 2.54. The van der Waals surface area contributed by atoms with Gasteiger partial charge in [0.05, 0.1) is 13.2 Å². The van der Waals surface area contributed by atoms with Crippen molar-refractivity contribution in [2.75, 3.05) is 39.4 Å². The number of nitrogens with zero attached hydrogens (tertiary/aromatic N) is 1. The van der Waals surface area contributed by atoms with Gasteiger partial charge in [0.2, 0.25) is 0 Å². The van der Waals surface area contributed by atoms with Gasteiger partial charge < -0.3 is 4.90 Å². The maximum Gasteiger partial charge on any atom is 0.405 e. The van der Waals surface area contributed by atoms with Crippen molar-refractivity contribution in [3.63, 3.8) is 0 Å². The minimum absolute atomic E-state index is 0.473. The highest BCUT2D eigenvalue weighted by Crippen LogP contribution is 2.45. The van der Waals surface area contributed by atoms with Gasteiger partial charge >= 0.3 is 7.75 Å². The molecule has 0 aromatic carbocycles. The van der Waals surface area contributed by atoms with Crippen LogP contribution in [0.2, 0.25) is 0 Å². The molecule has 0 aliphatic carbocycles. The second-order valence-electron chi connectivity index (χ2n) is 14.8. The maximum absolute atomic E-state index is 14.4. The van der Waals surface area contributed by atoms with E-state index < -0.39 is 7.75 Å². The van der Waals surface area contributed by atoms with Crippen LogP contribution >= 0.6 is 7.75 Å². The zero-order chi connectivity index (χ0) is 33.4. The highest BCUT2D eigenvalue weighted by molar-refractivity contribution is 7.51. The average molecular weight is 671 g/mol. The van der Waals surface area contributed by atoms with Gasteiger partial charge in [0.25, 0.3) is 0 Å². The first-order valence-electron chi connectivity index (χ1n) is 20.9. The van der Waals surface area contributed by atoms with Gasteiger partial charge in [-0.3, -0.25) is 9.05 Å². The molecule has 1 aliphatic rings. The van der Waals surface area contributed by atoms with Crippen LogP contribution in [0.3, 0.4) is 0 Å². The lowest BCUT2D eigenvalue weighted by atomic mass is 9.95. The molecule has 0 saturated carbocycles. The van der Waals surface area contributed by atoms with E-state index in [0.717, 1.165) is 19.6 Å². The Hall–Kier alpha value is 0.0700. The number of hydrogen-bond donors (Lipinski definition) is 1. The summed E-state index contributed by atoms with van der Waals surface area (Å²) in [6.07, 6.45) is 36.1. The van der Waals surface area contributed by atoms with Gasteiger partial charge in [-0.15, -0.1) is 0 Å².